The standard InChI is InChI=1S/C22H21N3O6/c1-11(2)19(26)29-8-9-30-20(27)16-13(4)31-18(24)15(10-23)22(16)14-7-5-6-12(3)17(14)25-21(22)28/h5-7H,1,8-9,24H2,2-4H3,(H,25,28). The van der Waals surface area contributed by atoms with Crippen LogP contribution in [0.1, 0.15) is 25.0 Å². The number of benzene rings is 1. The van der Waals surface area contributed by atoms with Gasteiger partial charge in [0.15, 0.2) is 5.41 Å². The summed E-state index contributed by atoms with van der Waals surface area (Å²) in [4.78, 5) is 37.9. The van der Waals surface area contributed by atoms with Crippen molar-refractivity contribution in [1.29, 1.82) is 5.26 Å². The molecule has 3 rings (SSSR count). The fraction of sp³-hybridized carbons (Fsp3) is 0.273. The number of nitrogens with zero attached hydrogens (tertiary/aromatic N) is 1. The summed E-state index contributed by atoms with van der Waals surface area (Å²) in [6.45, 7) is 7.73. The highest BCUT2D eigenvalue weighted by Gasteiger charge is 2.60. The number of nitrogens with one attached hydrogen (secondary N) is 1. The van der Waals surface area contributed by atoms with Gasteiger partial charge in [-0.2, -0.15) is 5.26 Å². The van der Waals surface area contributed by atoms with Gasteiger partial charge in [0.2, 0.25) is 11.8 Å². The molecule has 9 nitrogen and oxygen atoms in total. The normalized spacial score (nSPS) is 19.4. The molecule has 1 unspecified atom stereocenters. The largest absolute Gasteiger partial charge is 0.459 e. The second-order valence-corrected chi connectivity index (χ2v) is 7.14. The van der Waals surface area contributed by atoms with Gasteiger partial charge in [-0.3, -0.25) is 4.79 Å². The van der Waals surface area contributed by atoms with E-state index in [9.17, 15) is 19.6 Å². The molecule has 0 fully saturated rings. The average molecular weight is 423 g/mol. The summed E-state index contributed by atoms with van der Waals surface area (Å²) in [5.74, 6) is -2.36. The molecule has 1 aromatic carbocycles. The van der Waals surface area contributed by atoms with E-state index in [4.69, 9.17) is 19.9 Å². The monoisotopic (exact) mass is 423 g/mol. The lowest BCUT2D eigenvalue weighted by molar-refractivity contribution is -0.148. The van der Waals surface area contributed by atoms with E-state index in [2.05, 4.69) is 11.9 Å². The fourth-order valence-corrected chi connectivity index (χ4v) is 3.71. The number of carbonyl (C=O) groups excluding carboxylic acids is 3. The molecule has 0 aliphatic carbocycles. The summed E-state index contributed by atoms with van der Waals surface area (Å²) < 4.78 is 15.6. The SMILES string of the molecule is C=C(C)C(=O)OCCOC(=O)C1=C(C)OC(N)=C(C#N)C12C(=O)Nc1c(C)cccc12. The van der Waals surface area contributed by atoms with Crippen LogP contribution in [0.15, 0.2) is 53.1 Å². The minimum absolute atomic E-state index is 0.0323. The van der Waals surface area contributed by atoms with Crippen molar-refractivity contribution < 1.29 is 28.6 Å². The van der Waals surface area contributed by atoms with Crippen molar-refractivity contribution in [2.75, 3.05) is 18.5 Å². The van der Waals surface area contributed by atoms with Gasteiger partial charge >= 0.3 is 11.9 Å². The minimum atomic E-state index is -1.81. The van der Waals surface area contributed by atoms with Crippen molar-refractivity contribution in [2.45, 2.75) is 26.2 Å². The molecule has 1 spiro atoms. The number of esters is 2. The van der Waals surface area contributed by atoms with E-state index in [1.807, 2.05) is 6.07 Å². The highest BCUT2D eigenvalue weighted by atomic mass is 16.6. The lowest BCUT2D eigenvalue weighted by Crippen LogP contribution is -2.45. The Morgan fingerprint density at radius 1 is 1.29 bits per heavy atom. The maximum absolute atomic E-state index is 13.3. The van der Waals surface area contributed by atoms with E-state index in [0.29, 0.717) is 11.3 Å². The highest BCUT2D eigenvalue weighted by molar-refractivity contribution is 6.17. The van der Waals surface area contributed by atoms with Gasteiger partial charge in [-0.05, 0) is 26.3 Å². The van der Waals surface area contributed by atoms with Crippen LogP contribution >= 0.6 is 0 Å². The van der Waals surface area contributed by atoms with Crippen LogP contribution in [-0.2, 0) is 34.0 Å². The summed E-state index contributed by atoms with van der Waals surface area (Å²) in [6.07, 6.45) is 0. The van der Waals surface area contributed by atoms with Crippen molar-refractivity contribution in [3.63, 3.8) is 0 Å². The smallest absolute Gasteiger partial charge is 0.339 e. The zero-order valence-corrected chi connectivity index (χ0v) is 17.3. The van der Waals surface area contributed by atoms with Crippen LogP contribution in [0, 0.1) is 18.3 Å². The average Bonchev–Trinajstić information content (AvgIpc) is 2.99. The third-order valence-electron chi connectivity index (χ3n) is 5.08. The molecule has 160 valence electrons. The number of nitrogens with two attached hydrogens (primary N) is 1. The number of nitriles is 1. The zero-order valence-electron chi connectivity index (χ0n) is 17.3. The van der Waals surface area contributed by atoms with E-state index in [-0.39, 0.29) is 41.6 Å². The van der Waals surface area contributed by atoms with Crippen molar-refractivity contribution >= 4 is 23.5 Å². The number of fused-ring (bicyclic) bond motifs is 2. The Hall–Kier alpha value is -4.06. The number of hydrogen-bond donors (Lipinski definition) is 2. The first-order valence-electron chi connectivity index (χ1n) is 9.37. The highest BCUT2D eigenvalue weighted by Crippen LogP contribution is 2.52. The van der Waals surface area contributed by atoms with E-state index in [0.717, 1.165) is 5.56 Å². The Balaban J connectivity index is 2.03. The van der Waals surface area contributed by atoms with Crippen LogP contribution in [0.25, 0.3) is 0 Å². The van der Waals surface area contributed by atoms with E-state index >= 15 is 0 Å². The van der Waals surface area contributed by atoms with E-state index < -0.39 is 23.3 Å². The fourth-order valence-electron chi connectivity index (χ4n) is 3.71. The summed E-state index contributed by atoms with van der Waals surface area (Å²) >= 11 is 0. The van der Waals surface area contributed by atoms with Crippen molar-refractivity contribution in [3.05, 3.63) is 64.3 Å². The van der Waals surface area contributed by atoms with Crippen LogP contribution in [0.4, 0.5) is 5.69 Å². The van der Waals surface area contributed by atoms with Crippen LogP contribution in [0.2, 0.25) is 0 Å². The second kappa shape index (κ2) is 7.99. The first-order valence-corrected chi connectivity index (χ1v) is 9.37. The molecule has 0 saturated heterocycles. The number of anilines is 1. The first kappa shape index (κ1) is 21.6. The molecule has 0 saturated carbocycles. The van der Waals surface area contributed by atoms with Gasteiger partial charge in [-0.25, -0.2) is 9.59 Å². The number of para-hydroxylation sites is 1. The maximum Gasteiger partial charge on any atom is 0.339 e. The van der Waals surface area contributed by atoms with Crippen molar-refractivity contribution in [3.8, 4) is 6.07 Å². The molecule has 0 radical (unpaired) electrons. The molecule has 0 aromatic heterocycles. The number of aryl methyl sites for hydroxylation is 1. The van der Waals surface area contributed by atoms with E-state index in [1.54, 1.807) is 25.1 Å². The lowest BCUT2D eigenvalue weighted by Gasteiger charge is -2.33. The summed E-state index contributed by atoms with van der Waals surface area (Å²) in [5, 5.41) is 12.6. The number of ether oxygens (including phenoxy) is 3. The molecule has 2 aliphatic heterocycles. The Morgan fingerprint density at radius 3 is 2.61 bits per heavy atom. The summed E-state index contributed by atoms with van der Waals surface area (Å²) in [5.41, 5.74) is 5.61. The van der Waals surface area contributed by atoms with E-state index in [1.165, 1.54) is 13.8 Å². The molecule has 1 aromatic rings. The Bertz CT molecular complexity index is 1120. The van der Waals surface area contributed by atoms with Gasteiger partial charge in [0, 0.05) is 16.8 Å². The number of allylic oxidation sites excluding steroid dienone is 1. The zero-order chi connectivity index (χ0) is 22.9. The summed E-state index contributed by atoms with van der Waals surface area (Å²) in [7, 11) is 0. The molecule has 0 bridgehead atoms. The molecule has 1 atom stereocenters. The second-order valence-electron chi connectivity index (χ2n) is 7.14. The topological polar surface area (TPSA) is 141 Å². The molecule has 1 amide bonds. The van der Waals surface area contributed by atoms with Gasteiger partial charge < -0.3 is 25.3 Å². The van der Waals surface area contributed by atoms with Crippen LogP contribution in [0.3, 0.4) is 0 Å². The van der Waals surface area contributed by atoms with Gasteiger partial charge in [-0.15, -0.1) is 0 Å². The van der Waals surface area contributed by atoms with Crippen molar-refractivity contribution in [1.82, 2.24) is 0 Å². The Morgan fingerprint density at radius 2 is 1.97 bits per heavy atom. The molecule has 2 heterocycles. The molecule has 9 heteroatoms. The number of carbonyl (C=O) groups is 3. The third kappa shape index (κ3) is 3.32. The Kier molecular flexibility index (Phi) is 5.58. The predicted octanol–water partition coefficient (Wildman–Crippen LogP) is 1.85. The van der Waals surface area contributed by atoms with Gasteiger partial charge in [0.25, 0.3) is 0 Å². The predicted molar refractivity (Wildman–Crippen MR) is 109 cm³/mol. The molecular weight excluding hydrogens is 402 g/mol. The molecule has 2 aliphatic rings. The Labute approximate surface area is 178 Å². The van der Waals surface area contributed by atoms with Gasteiger partial charge in [-0.1, -0.05) is 24.8 Å². The lowest BCUT2D eigenvalue weighted by atomic mass is 9.68. The quantitative estimate of drug-likeness (QED) is 0.415. The first-order chi connectivity index (χ1) is 14.7. The van der Waals surface area contributed by atoms with Crippen molar-refractivity contribution in [2.24, 2.45) is 5.73 Å². The summed E-state index contributed by atoms with van der Waals surface area (Å²) in [6, 6.07) is 7.08. The minimum Gasteiger partial charge on any atom is -0.459 e. The van der Waals surface area contributed by atoms with Gasteiger partial charge in [0.1, 0.15) is 36.2 Å². The third-order valence-corrected chi connectivity index (χ3v) is 5.08. The van der Waals surface area contributed by atoms with Crippen LogP contribution in [-0.4, -0.2) is 31.1 Å². The molecule has 31 heavy (non-hydrogen) atoms. The molecule has 3 N–H and O–H groups in total. The number of rotatable bonds is 5. The van der Waals surface area contributed by atoms with Crippen LogP contribution in [0.5, 0.6) is 0 Å². The van der Waals surface area contributed by atoms with Crippen LogP contribution < -0.4 is 11.1 Å². The van der Waals surface area contributed by atoms with Gasteiger partial charge in [0.05, 0.1) is 0 Å². The maximum atomic E-state index is 13.3. The number of hydrogen-bond acceptors (Lipinski definition) is 8. The number of amides is 1. The molecular formula is C22H21N3O6.